The Morgan fingerprint density at radius 3 is 2.12 bits per heavy atom. The summed E-state index contributed by atoms with van der Waals surface area (Å²) < 4.78 is 0. The lowest BCUT2D eigenvalue weighted by Crippen LogP contribution is -2.48. The fourth-order valence-electron chi connectivity index (χ4n) is 1.25. The summed E-state index contributed by atoms with van der Waals surface area (Å²) in [5.41, 5.74) is 4.95. The number of nitrogens with two attached hydrogens (primary N) is 1. The van der Waals surface area contributed by atoms with Crippen LogP contribution >= 0.6 is 0 Å². The second kappa shape index (κ2) is 6.22. The van der Waals surface area contributed by atoms with Crippen LogP contribution in [0, 0.1) is 5.92 Å². The molecule has 92 valence electrons. The number of rotatable bonds is 6. The topological polar surface area (TPSA) is 109 Å². The number of aliphatic hydroxyl groups excluding tert-OH is 1. The predicted molar refractivity (Wildman–Crippen MR) is 57.3 cm³/mol. The summed E-state index contributed by atoms with van der Waals surface area (Å²) in [6.07, 6.45) is -1.06. The van der Waals surface area contributed by atoms with E-state index in [2.05, 4.69) is 5.32 Å². The van der Waals surface area contributed by atoms with Gasteiger partial charge in [-0.25, -0.2) is 0 Å². The van der Waals surface area contributed by atoms with E-state index in [1.807, 2.05) is 0 Å². The lowest BCUT2D eigenvalue weighted by molar-refractivity contribution is -0.132. The summed E-state index contributed by atoms with van der Waals surface area (Å²) in [5, 5.41) is 11.6. The molecule has 0 aromatic heterocycles. The highest BCUT2D eigenvalue weighted by Crippen LogP contribution is 2.03. The molecule has 2 amide bonds. The lowest BCUT2D eigenvalue weighted by atomic mass is 10.0. The maximum atomic E-state index is 11.5. The first kappa shape index (κ1) is 14.6. The molecule has 0 saturated carbocycles. The molecule has 0 heterocycles. The van der Waals surface area contributed by atoms with Crippen molar-refractivity contribution in [2.24, 2.45) is 11.7 Å². The molecule has 0 rings (SSSR count). The van der Waals surface area contributed by atoms with Gasteiger partial charge in [-0.2, -0.15) is 0 Å². The van der Waals surface area contributed by atoms with Crippen molar-refractivity contribution in [3.8, 4) is 0 Å². The Kier molecular flexibility index (Phi) is 5.66. The summed E-state index contributed by atoms with van der Waals surface area (Å²) in [4.78, 5) is 33.2. The van der Waals surface area contributed by atoms with E-state index in [4.69, 9.17) is 5.73 Å². The molecule has 0 aromatic rings. The van der Waals surface area contributed by atoms with Crippen LogP contribution in [-0.2, 0) is 14.4 Å². The first-order valence-electron chi connectivity index (χ1n) is 5.03. The van der Waals surface area contributed by atoms with Gasteiger partial charge in [0.15, 0.2) is 5.78 Å². The fraction of sp³-hybridized carbons (Fsp3) is 0.700. The third-order valence-electron chi connectivity index (χ3n) is 2.17. The molecule has 3 atom stereocenters. The Bertz CT molecular complexity index is 289. The summed E-state index contributed by atoms with van der Waals surface area (Å²) >= 11 is 0. The molecule has 0 spiro atoms. The van der Waals surface area contributed by atoms with E-state index in [-0.39, 0.29) is 12.2 Å². The monoisotopic (exact) mass is 230 g/mol. The third kappa shape index (κ3) is 4.88. The largest absolute Gasteiger partial charge is 0.391 e. The highest BCUT2D eigenvalue weighted by Gasteiger charge is 2.25. The van der Waals surface area contributed by atoms with Crippen LogP contribution in [0.3, 0.4) is 0 Å². The van der Waals surface area contributed by atoms with Crippen molar-refractivity contribution in [1.29, 1.82) is 0 Å². The third-order valence-corrected chi connectivity index (χ3v) is 2.17. The van der Waals surface area contributed by atoms with Crippen LogP contribution in [0.1, 0.15) is 27.2 Å². The van der Waals surface area contributed by atoms with Crippen LogP contribution in [0.2, 0.25) is 0 Å². The van der Waals surface area contributed by atoms with Crippen molar-refractivity contribution >= 4 is 17.6 Å². The van der Waals surface area contributed by atoms with Gasteiger partial charge in [-0.15, -0.1) is 0 Å². The fourth-order valence-corrected chi connectivity index (χ4v) is 1.25. The normalized spacial score (nSPS) is 16.0. The molecule has 0 aliphatic heterocycles. The summed E-state index contributed by atoms with van der Waals surface area (Å²) in [7, 11) is 0. The van der Waals surface area contributed by atoms with Gasteiger partial charge in [-0.05, 0) is 13.8 Å². The van der Waals surface area contributed by atoms with Crippen LogP contribution in [0.25, 0.3) is 0 Å². The zero-order chi connectivity index (χ0) is 12.9. The summed E-state index contributed by atoms with van der Waals surface area (Å²) in [5.74, 6) is -2.01. The predicted octanol–water partition coefficient (Wildman–Crippen LogP) is -1.05. The minimum absolute atomic E-state index is 0.0870. The second-order valence-electron chi connectivity index (χ2n) is 3.91. The molecule has 0 saturated heterocycles. The zero-order valence-corrected chi connectivity index (χ0v) is 9.69. The minimum atomic E-state index is -0.970. The second-order valence-corrected chi connectivity index (χ2v) is 3.91. The quantitative estimate of drug-likeness (QED) is 0.541. The molecule has 0 bridgehead atoms. The van der Waals surface area contributed by atoms with Gasteiger partial charge in [0.2, 0.25) is 11.8 Å². The molecule has 16 heavy (non-hydrogen) atoms. The number of carbonyl (C=O) groups is 3. The highest BCUT2D eigenvalue weighted by molar-refractivity contribution is 5.90. The molecule has 6 nitrogen and oxygen atoms in total. The zero-order valence-electron chi connectivity index (χ0n) is 9.69. The van der Waals surface area contributed by atoms with Crippen molar-refractivity contribution in [2.45, 2.75) is 39.3 Å². The molecule has 0 unspecified atom stereocenters. The molecule has 0 fully saturated rings. The number of aliphatic hydroxyl groups is 1. The van der Waals surface area contributed by atoms with Gasteiger partial charge >= 0.3 is 0 Å². The Morgan fingerprint density at radius 1 is 1.31 bits per heavy atom. The SMILES string of the molecule is CC(=O)[C@@H](NC(=O)[C@@H](C)CC(N)=O)[C@@H](C)O. The van der Waals surface area contributed by atoms with Gasteiger partial charge in [-0.3, -0.25) is 14.4 Å². The first-order chi connectivity index (χ1) is 7.25. The van der Waals surface area contributed by atoms with Crippen molar-refractivity contribution in [1.82, 2.24) is 5.32 Å². The number of nitrogens with one attached hydrogen (secondary N) is 1. The smallest absolute Gasteiger partial charge is 0.224 e. The van der Waals surface area contributed by atoms with Crippen LogP contribution < -0.4 is 11.1 Å². The number of ketones is 1. The van der Waals surface area contributed by atoms with E-state index in [1.54, 1.807) is 0 Å². The Balaban J connectivity index is 4.40. The van der Waals surface area contributed by atoms with E-state index in [0.717, 1.165) is 0 Å². The summed E-state index contributed by atoms with van der Waals surface area (Å²) in [6, 6.07) is -0.942. The first-order valence-corrected chi connectivity index (χ1v) is 5.03. The van der Waals surface area contributed by atoms with E-state index in [9.17, 15) is 19.5 Å². The molecular formula is C10H18N2O4. The maximum Gasteiger partial charge on any atom is 0.224 e. The minimum Gasteiger partial charge on any atom is -0.391 e. The van der Waals surface area contributed by atoms with Gasteiger partial charge in [-0.1, -0.05) is 6.92 Å². The van der Waals surface area contributed by atoms with E-state index in [0.29, 0.717) is 0 Å². The summed E-state index contributed by atoms with van der Waals surface area (Å²) in [6.45, 7) is 4.21. The van der Waals surface area contributed by atoms with E-state index in [1.165, 1.54) is 20.8 Å². The molecule has 6 heteroatoms. The molecule has 0 aliphatic rings. The van der Waals surface area contributed by atoms with Gasteiger partial charge < -0.3 is 16.2 Å². The van der Waals surface area contributed by atoms with Crippen molar-refractivity contribution in [3.05, 3.63) is 0 Å². The molecular weight excluding hydrogens is 212 g/mol. The Morgan fingerprint density at radius 2 is 1.81 bits per heavy atom. The standard InChI is InChI=1S/C10H18N2O4/c1-5(4-8(11)15)10(16)12-9(6(2)13)7(3)14/h5-6,9,13H,4H2,1-3H3,(H2,11,15)(H,12,16)/t5-,6+,9-/m0/s1. The van der Waals surface area contributed by atoms with Crippen LogP contribution in [0.4, 0.5) is 0 Å². The lowest BCUT2D eigenvalue weighted by Gasteiger charge is -2.20. The Hall–Kier alpha value is -1.43. The molecule has 4 N–H and O–H groups in total. The molecule has 0 aliphatic carbocycles. The van der Waals surface area contributed by atoms with Crippen LogP contribution in [0.15, 0.2) is 0 Å². The highest BCUT2D eigenvalue weighted by atomic mass is 16.3. The maximum absolute atomic E-state index is 11.5. The van der Waals surface area contributed by atoms with E-state index >= 15 is 0 Å². The molecule has 0 radical (unpaired) electrons. The Labute approximate surface area is 94.2 Å². The van der Waals surface area contributed by atoms with E-state index < -0.39 is 29.9 Å². The van der Waals surface area contributed by atoms with Crippen molar-refractivity contribution < 1.29 is 19.5 Å². The molecule has 0 aromatic carbocycles. The number of hydrogen-bond donors (Lipinski definition) is 3. The van der Waals surface area contributed by atoms with Crippen LogP contribution in [-0.4, -0.2) is 34.8 Å². The number of carbonyl (C=O) groups excluding carboxylic acids is 3. The van der Waals surface area contributed by atoms with Crippen LogP contribution in [0.5, 0.6) is 0 Å². The van der Waals surface area contributed by atoms with Crippen molar-refractivity contribution in [2.75, 3.05) is 0 Å². The number of amides is 2. The number of Topliss-reactive ketones (excluding diaryl/α,β-unsaturated/α-hetero) is 1. The van der Waals surface area contributed by atoms with Gasteiger partial charge in [0.25, 0.3) is 0 Å². The number of hydrogen-bond acceptors (Lipinski definition) is 4. The average molecular weight is 230 g/mol. The number of primary amides is 1. The van der Waals surface area contributed by atoms with Gasteiger partial charge in [0, 0.05) is 12.3 Å². The van der Waals surface area contributed by atoms with Gasteiger partial charge in [0.1, 0.15) is 6.04 Å². The van der Waals surface area contributed by atoms with Crippen molar-refractivity contribution in [3.63, 3.8) is 0 Å². The average Bonchev–Trinajstić information content (AvgIpc) is 2.11. The van der Waals surface area contributed by atoms with Gasteiger partial charge in [0.05, 0.1) is 6.10 Å².